The normalized spacial score (nSPS) is 11.7. The van der Waals surface area contributed by atoms with Crippen molar-refractivity contribution in [3.05, 3.63) is 0 Å². The number of aliphatic hydroxyl groups excluding tert-OH is 1. The summed E-state index contributed by atoms with van der Waals surface area (Å²) in [7, 11) is 0. The van der Waals surface area contributed by atoms with Crippen molar-refractivity contribution in [3.63, 3.8) is 0 Å². The molecule has 0 saturated carbocycles. The van der Waals surface area contributed by atoms with Gasteiger partial charge in [0.15, 0.2) is 0 Å². The minimum absolute atomic E-state index is 0.302. The number of hydrogen-bond acceptors (Lipinski definition) is 2. The van der Waals surface area contributed by atoms with E-state index >= 15 is 0 Å². The van der Waals surface area contributed by atoms with Crippen molar-refractivity contribution in [1.82, 2.24) is 4.90 Å². The lowest BCUT2D eigenvalue weighted by Crippen LogP contribution is -2.37. The van der Waals surface area contributed by atoms with Crippen LogP contribution >= 0.6 is 0 Å². The molecule has 0 aromatic rings. The van der Waals surface area contributed by atoms with Crippen LogP contribution in [0.25, 0.3) is 0 Å². The fraction of sp³-hybridized carbons (Fsp3) is 1.00. The van der Waals surface area contributed by atoms with E-state index in [-0.39, 0.29) is 0 Å². The lowest BCUT2D eigenvalue weighted by molar-refractivity contribution is 0.140. The van der Waals surface area contributed by atoms with Crippen LogP contribution in [0.4, 0.5) is 0 Å². The first-order valence-corrected chi connectivity index (χ1v) is 9.64. The van der Waals surface area contributed by atoms with E-state index in [2.05, 4.69) is 25.7 Å². The van der Waals surface area contributed by atoms with Gasteiger partial charge in [-0.05, 0) is 19.4 Å². The average molecular weight is 300 g/mol. The second-order valence-corrected chi connectivity index (χ2v) is 6.41. The van der Waals surface area contributed by atoms with Gasteiger partial charge in [0.1, 0.15) is 0 Å². The summed E-state index contributed by atoms with van der Waals surface area (Å²) in [6, 6.07) is 0.699. The van der Waals surface area contributed by atoms with E-state index in [4.69, 9.17) is 0 Å². The van der Waals surface area contributed by atoms with Crippen LogP contribution in [0.3, 0.4) is 0 Å². The predicted octanol–water partition coefficient (Wildman–Crippen LogP) is 5.39. The van der Waals surface area contributed by atoms with E-state index in [1.54, 1.807) is 0 Å². The summed E-state index contributed by atoms with van der Waals surface area (Å²) in [5.74, 6) is 0. The highest BCUT2D eigenvalue weighted by molar-refractivity contribution is 4.71. The van der Waals surface area contributed by atoms with Gasteiger partial charge < -0.3 is 5.11 Å². The molecule has 0 atom stereocenters. The SMILES string of the molecule is CCCCCCCC(CCCCCCC)N(CC)CCO. The molecule has 2 heteroatoms. The zero-order chi connectivity index (χ0) is 15.8. The van der Waals surface area contributed by atoms with E-state index in [0.29, 0.717) is 12.6 Å². The minimum atomic E-state index is 0.302. The number of hydrogen-bond donors (Lipinski definition) is 1. The largest absolute Gasteiger partial charge is 0.395 e. The Labute approximate surface area is 134 Å². The third-order valence-electron chi connectivity index (χ3n) is 4.59. The maximum absolute atomic E-state index is 9.26. The molecule has 0 aromatic heterocycles. The van der Waals surface area contributed by atoms with Gasteiger partial charge >= 0.3 is 0 Å². The van der Waals surface area contributed by atoms with Crippen LogP contribution in [-0.2, 0) is 0 Å². The average Bonchev–Trinajstić information content (AvgIpc) is 2.50. The van der Waals surface area contributed by atoms with E-state index in [1.807, 2.05) is 0 Å². The van der Waals surface area contributed by atoms with Crippen LogP contribution in [0.1, 0.15) is 97.8 Å². The van der Waals surface area contributed by atoms with Gasteiger partial charge in [0.2, 0.25) is 0 Å². The molecular formula is C19H41NO. The number of aliphatic hydroxyl groups is 1. The van der Waals surface area contributed by atoms with Crippen LogP contribution < -0.4 is 0 Å². The number of rotatable bonds is 16. The fourth-order valence-electron chi connectivity index (χ4n) is 3.20. The number of unbranched alkanes of at least 4 members (excludes halogenated alkanes) is 8. The summed E-state index contributed by atoms with van der Waals surface area (Å²) < 4.78 is 0. The van der Waals surface area contributed by atoms with Gasteiger partial charge in [-0.25, -0.2) is 0 Å². The van der Waals surface area contributed by atoms with E-state index in [9.17, 15) is 5.11 Å². The first-order chi connectivity index (χ1) is 10.3. The standard InChI is InChI=1S/C19H41NO/c1-4-7-9-11-13-15-19(20(6-3)17-18-21)16-14-12-10-8-5-2/h19,21H,4-18H2,1-3H3. The van der Waals surface area contributed by atoms with Crippen LogP contribution in [-0.4, -0.2) is 35.7 Å². The molecule has 0 aliphatic heterocycles. The fourth-order valence-corrected chi connectivity index (χ4v) is 3.20. The molecule has 0 aromatic carbocycles. The molecule has 128 valence electrons. The maximum atomic E-state index is 9.26. The Morgan fingerprint density at radius 1 is 0.714 bits per heavy atom. The Balaban J connectivity index is 4.01. The lowest BCUT2D eigenvalue weighted by Gasteiger charge is -2.30. The molecule has 0 rings (SSSR count). The number of nitrogens with zero attached hydrogens (tertiary/aromatic N) is 1. The highest BCUT2D eigenvalue weighted by Crippen LogP contribution is 2.18. The Kier molecular flexibility index (Phi) is 16.2. The molecule has 0 aliphatic rings. The molecule has 0 fully saturated rings. The second kappa shape index (κ2) is 16.3. The molecule has 0 heterocycles. The highest BCUT2D eigenvalue weighted by Gasteiger charge is 2.15. The van der Waals surface area contributed by atoms with Crippen molar-refractivity contribution < 1.29 is 5.11 Å². The molecule has 0 unspecified atom stereocenters. The summed E-state index contributed by atoms with van der Waals surface area (Å²) in [5, 5.41) is 9.26. The highest BCUT2D eigenvalue weighted by atomic mass is 16.3. The van der Waals surface area contributed by atoms with Crippen LogP contribution in [0.5, 0.6) is 0 Å². The molecule has 0 spiro atoms. The summed E-state index contributed by atoms with van der Waals surface area (Å²) >= 11 is 0. The van der Waals surface area contributed by atoms with Gasteiger partial charge in [-0.2, -0.15) is 0 Å². The topological polar surface area (TPSA) is 23.5 Å². The van der Waals surface area contributed by atoms with Crippen LogP contribution in [0, 0.1) is 0 Å². The lowest BCUT2D eigenvalue weighted by atomic mass is 9.99. The molecular weight excluding hydrogens is 258 g/mol. The third-order valence-corrected chi connectivity index (χ3v) is 4.59. The maximum Gasteiger partial charge on any atom is 0.0558 e. The van der Waals surface area contributed by atoms with Crippen molar-refractivity contribution in [1.29, 1.82) is 0 Å². The smallest absolute Gasteiger partial charge is 0.0558 e. The Hall–Kier alpha value is -0.0800. The monoisotopic (exact) mass is 299 g/mol. The van der Waals surface area contributed by atoms with Gasteiger partial charge in [-0.1, -0.05) is 85.0 Å². The first-order valence-electron chi connectivity index (χ1n) is 9.64. The van der Waals surface area contributed by atoms with E-state index < -0.39 is 0 Å². The summed E-state index contributed by atoms with van der Waals surface area (Å²) in [6.07, 6.45) is 16.4. The molecule has 0 bridgehead atoms. The van der Waals surface area contributed by atoms with E-state index in [1.165, 1.54) is 77.0 Å². The molecule has 1 N–H and O–H groups in total. The van der Waals surface area contributed by atoms with Crippen molar-refractivity contribution in [2.45, 2.75) is 104 Å². The second-order valence-electron chi connectivity index (χ2n) is 6.41. The quantitative estimate of drug-likeness (QED) is 0.386. The molecule has 2 nitrogen and oxygen atoms in total. The van der Waals surface area contributed by atoms with Crippen LogP contribution in [0.15, 0.2) is 0 Å². The van der Waals surface area contributed by atoms with Crippen molar-refractivity contribution >= 4 is 0 Å². The number of likely N-dealkylation sites (N-methyl/N-ethyl adjacent to an activating group) is 1. The van der Waals surface area contributed by atoms with Gasteiger partial charge in [0.05, 0.1) is 6.61 Å². The zero-order valence-corrected chi connectivity index (χ0v) is 15.1. The van der Waals surface area contributed by atoms with Crippen LogP contribution in [0.2, 0.25) is 0 Å². The summed E-state index contributed by atoms with van der Waals surface area (Å²) in [5.41, 5.74) is 0. The van der Waals surface area contributed by atoms with Gasteiger partial charge in [-0.15, -0.1) is 0 Å². The van der Waals surface area contributed by atoms with Crippen molar-refractivity contribution in [2.75, 3.05) is 19.7 Å². The molecule has 21 heavy (non-hydrogen) atoms. The van der Waals surface area contributed by atoms with Gasteiger partial charge in [0.25, 0.3) is 0 Å². The zero-order valence-electron chi connectivity index (χ0n) is 15.1. The van der Waals surface area contributed by atoms with Gasteiger partial charge in [0, 0.05) is 12.6 Å². The summed E-state index contributed by atoms with van der Waals surface area (Å²) in [6.45, 7) is 9.02. The first kappa shape index (κ1) is 20.9. The minimum Gasteiger partial charge on any atom is -0.395 e. The Morgan fingerprint density at radius 3 is 1.57 bits per heavy atom. The predicted molar refractivity (Wildman–Crippen MR) is 94.9 cm³/mol. The van der Waals surface area contributed by atoms with Crippen molar-refractivity contribution in [3.8, 4) is 0 Å². The van der Waals surface area contributed by atoms with Gasteiger partial charge in [-0.3, -0.25) is 4.90 Å². The molecule has 0 amide bonds. The van der Waals surface area contributed by atoms with E-state index in [0.717, 1.165) is 13.1 Å². The third kappa shape index (κ3) is 12.2. The Bertz CT molecular complexity index is 182. The summed E-state index contributed by atoms with van der Waals surface area (Å²) in [4.78, 5) is 2.50. The van der Waals surface area contributed by atoms with Crippen molar-refractivity contribution in [2.24, 2.45) is 0 Å². The molecule has 0 saturated heterocycles. The molecule has 0 radical (unpaired) electrons. The molecule has 0 aliphatic carbocycles. The Morgan fingerprint density at radius 2 is 1.19 bits per heavy atom.